The molecule has 0 aromatic rings. The van der Waals surface area contributed by atoms with E-state index in [0.29, 0.717) is 6.61 Å². The second-order valence-electron chi connectivity index (χ2n) is 2.27. The summed E-state index contributed by atoms with van der Waals surface area (Å²) in [4.78, 5) is 11.0. The number of halogens is 2. The third kappa shape index (κ3) is 5.99. The van der Waals surface area contributed by atoms with E-state index in [1.165, 1.54) is 0 Å². The lowest BCUT2D eigenvalue weighted by Crippen LogP contribution is -2.46. The summed E-state index contributed by atoms with van der Waals surface area (Å²) >= 11 is 3.86. The molecule has 0 saturated carbocycles. The van der Waals surface area contributed by atoms with Crippen LogP contribution in [0, 0.1) is 0 Å². The van der Waals surface area contributed by atoms with Crippen molar-refractivity contribution in [3.05, 3.63) is 0 Å². The summed E-state index contributed by atoms with van der Waals surface area (Å²) < 4.78 is 9.83. The molecule has 13 heavy (non-hydrogen) atoms. The standard InChI is InChI=1S/C6H12I2N2O3/c1-12-3-4(6(7)13-8)10-5(11)2-9/h4,6H,2-3,9H2,1H3,(H,10,11). The highest BCUT2D eigenvalue weighted by atomic mass is 127. The molecule has 0 radical (unpaired) electrons. The summed E-state index contributed by atoms with van der Waals surface area (Å²) in [5.41, 5.74) is 5.16. The smallest absolute Gasteiger partial charge is 0.234 e. The Labute approximate surface area is 105 Å². The molecule has 0 rings (SSSR count). The fraction of sp³-hybridized carbons (Fsp3) is 0.833. The number of carbonyl (C=O) groups excluding carboxylic acids is 1. The predicted octanol–water partition coefficient (Wildman–Crippen LogP) is 0.204. The van der Waals surface area contributed by atoms with E-state index in [1.807, 2.05) is 0 Å². The van der Waals surface area contributed by atoms with Crippen LogP contribution in [0.1, 0.15) is 0 Å². The molecule has 2 unspecified atom stereocenters. The number of ether oxygens (including phenoxy) is 1. The topological polar surface area (TPSA) is 73.6 Å². The molecule has 78 valence electrons. The van der Waals surface area contributed by atoms with E-state index in [0.717, 1.165) is 0 Å². The Morgan fingerprint density at radius 2 is 2.31 bits per heavy atom. The summed E-state index contributed by atoms with van der Waals surface area (Å²) in [5, 5.41) is 2.69. The van der Waals surface area contributed by atoms with Crippen LogP contribution in [0.4, 0.5) is 0 Å². The van der Waals surface area contributed by atoms with Gasteiger partial charge in [0.15, 0.2) is 0 Å². The van der Waals surface area contributed by atoms with E-state index in [1.54, 1.807) is 30.1 Å². The molecule has 0 aromatic heterocycles. The first-order chi connectivity index (χ1) is 6.15. The van der Waals surface area contributed by atoms with Gasteiger partial charge in [-0.25, -0.2) is 0 Å². The lowest BCUT2D eigenvalue weighted by molar-refractivity contribution is -0.121. The Morgan fingerprint density at radius 1 is 1.69 bits per heavy atom. The number of nitrogens with one attached hydrogen (secondary N) is 1. The van der Waals surface area contributed by atoms with Crippen molar-refractivity contribution < 1.29 is 12.6 Å². The van der Waals surface area contributed by atoms with Gasteiger partial charge in [0.25, 0.3) is 0 Å². The zero-order chi connectivity index (χ0) is 10.3. The average Bonchev–Trinajstić information content (AvgIpc) is 2.15. The van der Waals surface area contributed by atoms with Gasteiger partial charge in [0.2, 0.25) is 5.91 Å². The maximum Gasteiger partial charge on any atom is 0.234 e. The largest absolute Gasteiger partial charge is 0.382 e. The number of amides is 1. The minimum Gasteiger partial charge on any atom is -0.382 e. The highest BCUT2D eigenvalue weighted by Gasteiger charge is 2.20. The number of carbonyl (C=O) groups is 1. The first-order valence-corrected chi connectivity index (χ1v) is 5.68. The van der Waals surface area contributed by atoms with Gasteiger partial charge in [0, 0.05) is 7.11 Å². The fourth-order valence-electron chi connectivity index (χ4n) is 0.690. The van der Waals surface area contributed by atoms with Gasteiger partial charge in [-0.05, 0) is 22.6 Å². The van der Waals surface area contributed by atoms with Gasteiger partial charge in [-0.15, -0.1) is 0 Å². The molecule has 0 fully saturated rings. The van der Waals surface area contributed by atoms with Gasteiger partial charge in [-0.3, -0.25) is 7.86 Å². The van der Waals surface area contributed by atoms with E-state index in [-0.39, 0.29) is 22.6 Å². The molecule has 0 aromatic carbocycles. The van der Waals surface area contributed by atoms with Crippen LogP contribution < -0.4 is 11.1 Å². The van der Waals surface area contributed by atoms with Crippen molar-refractivity contribution in [1.82, 2.24) is 5.32 Å². The number of hydrogen-bond acceptors (Lipinski definition) is 4. The first-order valence-electron chi connectivity index (χ1n) is 3.55. The summed E-state index contributed by atoms with van der Waals surface area (Å²) in [7, 11) is 1.57. The van der Waals surface area contributed by atoms with Crippen LogP contribution >= 0.6 is 45.6 Å². The van der Waals surface area contributed by atoms with Gasteiger partial charge in [0.1, 0.15) is 27.1 Å². The van der Waals surface area contributed by atoms with Crippen molar-refractivity contribution in [3.8, 4) is 0 Å². The minimum absolute atomic E-state index is 0.0230. The Kier molecular flexibility index (Phi) is 8.65. The van der Waals surface area contributed by atoms with E-state index < -0.39 is 0 Å². The maximum absolute atomic E-state index is 11.0. The second kappa shape index (κ2) is 8.15. The highest BCUT2D eigenvalue weighted by Crippen LogP contribution is 2.12. The van der Waals surface area contributed by atoms with Gasteiger partial charge < -0.3 is 15.8 Å². The minimum atomic E-state index is -0.211. The maximum atomic E-state index is 11.0. The SMILES string of the molecule is COCC(NC(=O)CN)C(I)OI. The molecular weight excluding hydrogens is 402 g/mol. The first kappa shape index (κ1) is 13.8. The summed E-state index contributed by atoms with van der Waals surface area (Å²) in [6.45, 7) is 0.382. The molecule has 0 heterocycles. The Morgan fingerprint density at radius 3 is 2.69 bits per heavy atom. The lowest BCUT2D eigenvalue weighted by Gasteiger charge is -2.20. The van der Waals surface area contributed by atoms with Crippen LogP contribution in [0.15, 0.2) is 0 Å². The van der Waals surface area contributed by atoms with E-state index in [4.69, 9.17) is 13.5 Å². The molecule has 0 aliphatic rings. The van der Waals surface area contributed by atoms with Gasteiger partial charge in [-0.1, -0.05) is 0 Å². The molecule has 2 atom stereocenters. The molecule has 0 aliphatic heterocycles. The van der Waals surface area contributed by atoms with Crippen LogP contribution in [0.2, 0.25) is 0 Å². The van der Waals surface area contributed by atoms with Crippen LogP contribution in [-0.4, -0.2) is 36.3 Å². The van der Waals surface area contributed by atoms with Gasteiger partial charge >= 0.3 is 0 Å². The fourth-order valence-corrected chi connectivity index (χ4v) is 1.43. The summed E-state index contributed by atoms with van der Waals surface area (Å²) in [6.07, 6.45) is 0. The molecule has 7 heteroatoms. The average molecular weight is 414 g/mol. The van der Waals surface area contributed by atoms with Crippen molar-refractivity contribution >= 4 is 51.5 Å². The predicted molar refractivity (Wildman–Crippen MR) is 65.8 cm³/mol. The lowest BCUT2D eigenvalue weighted by atomic mass is 10.3. The molecule has 3 N–H and O–H groups in total. The number of hydrogen-bond donors (Lipinski definition) is 2. The van der Waals surface area contributed by atoms with Gasteiger partial charge in [0.05, 0.1) is 19.2 Å². The summed E-state index contributed by atoms with van der Waals surface area (Å²) in [6, 6.07) is -0.168. The normalized spacial score (nSPS) is 15.1. The van der Waals surface area contributed by atoms with Crippen LogP contribution in [0.5, 0.6) is 0 Å². The number of methoxy groups -OCH3 is 1. The molecule has 0 bridgehead atoms. The van der Waals surface area contributed by atoms with Crippen molar-refractivity contribution in [3.63, 3.8) is 0 Å². The summed E-state index contributed by atoms with van der Waals surface area (Å²) in [5.74, 6) is -0.211. The Balaban J connectivity index is 4.00. The monoisotopic (exact) mass is 414 g/mol. The quantitative estimate of drug-likeness (QED) is 0.482. The molecule has 1 amide bonds. The van der Waals surface area contributed by atoms with Gasteiger partial charge in [-0.2, -0.15) is 0 Å². The zero-order valence-corrected chi connectivity index (χ0v) is 11.4. The Bertz CT molecular complexity index is 159. The third-order valence-electron chi connectivity index (χ3n) is 1.28. The van der Waals surface area contributed by atoms with Crippen LogP contribution in [0.25, 0.3) is 0 Å². The Hall–Kier alpha value is 0.810. The van der Waals surface area contributed by atoms with E-state index in [9.17, 15) is 4.79 Å². The van der Waals surface area contributed by atoms with E-state index in [2.05, 4.69) is 27.9 Å². The second-order valence-corrected chi connectivity index (χ2v) is 4.01. The molecular formula is C6H12I2N2O3. The van der Waals surface area contributed by atoms with Crippen LogP contribution in [-0.2, 0) is 12.6 Å². The third-order valence-corrected chi connectivity index (χ3v) is 3.92. The van der Waals surface area contributed by atoms with Crippen molar-refractivity contribution in [2.75, 3.05) is 20.3 Å². The molecule has 0 spiro atoms. The van der Waals surface area contributed by atoms with Crippen molar-refractivity contribution in [2.24, 2.45) is 5.73 Å². The zero-order valence-electron chi connectivity index (χ0n) is 7.13. The number of rotatable bonds is 6. The molecule has 0 aliphatic carbocycles. The molecule has 5 nitrogen and oxygen atoms in total. The van der Waals surface area contributed by atoms with Crippen molar-refractivity contribution in [2.45, 2.75) is 10.2 Å². The number of nitrogens with two attached hydrogens (primary N) is 1. The van der Waals surface area contributed by atoms with Crippen LogP contribution in [0.3, 0.4) is 0 Å². The molecule has 0 saturated heterocycles. The highest BCUT2D eigenvalue weighted by molar-refractivity contribution is 14.1. The van der Waals surface area contributed by atoms with Crippen molar-refractivity contribution in [1.29, 1.82) is 0 Å². The van der Waals surface area contributed by atoms with E-state index >= 15 is 0 Å². The number of alkyl halides is 1.